The lowest BCUT2D eigenvalue weighted by Gasteiger charge is -2.33. The fourth-order valence-corrected chi connectivity index (χ4v) is 4.42. The number of thiazole rings is 1. The largest absolute Gasteiger partial charge is 0.490 e. The van der Waals surface area contributed by atoms with Gasteiger partial charge in [0.25, 0.3) is 0 Å². The van der Waals surface area contributed by atoms with Gasteiger partial charge in [0.05, 0.1) is 6.20 Å². The van der Waals surface area contributed by atoms with Crippen molar-refractivity contribution in [2.45, 2.75) is 31.9 Å². The van der Waals surface area contributed by atoms with Gasteiger partial charge in [0, 0.05) is 44.6 Å². The molecule has 0 radical (unpaired) electrons. The topological polar surface area (TPSA) is 187 Å². The van der Waals surface area contributed by atoms with E-state index in [1.165, 1.54) is 17.5 Å². The first kappa shape index (κ1) is 32.0. The summed E-state index contributed by atoms with van der Waals surface area (Å²) in [4.78, 5) is 53.0. The van der Waals surface area contributed by atoms with E-state index < -0.39 is 24.1 Å². The number of hydrogen-bond acceptors (Lipinski definition) is 9. The summed E-state index contributed by atoms with van der Waals surface area (Å²) in [6, 6.07) is 6.38. The number of carboxylic acid groups (broad SMARTS) is 2. The van der Waals surface area contributed by atoms with Crippen LogP contribution < -0.4 is 15.4 Å². The Bertz CT molecular complexity index is 1210. The molecule has 16 heteroatoms. The Balaban J connectivity index is 0.000000708. The molecule has 1 aromatic heterocycles. The molecule has 12 nitrogen and oxygen atoms in total. The molecule has 2 heterocycles. The van der Waals surface area contributed by atoms with E-state index in [1.54, 1.807) is 36.2 Å². The Hall–Kier alpha value is -4.21. The number of carbonyl (C=O) groups is 4. The van der Waals surface area contributed by atoms with Crippen LogP contribution >= 0.6 is 11.3 Å². The molecule has 2 aromatic rings. The van der Waals surface area contributed by atoms with Crippen LogP contribution in [0.2, 0.25) is 0 Å². The molecular formula is C24H28F3N5O7S. The van der Waals surface area contributed by atoms with Crippen molar-refractivity contribution in [2.75, 3.05) is 31.6 Å². The van der Waals surface area contributed by atoms with Crippen LogP contribution in [0.5, 0.6) is 5.75 Å². The summed E-state index contributed by atoms with van der Waals surface area (Å²) < 4.78 is 37.1. The molecule has 0 saturated carbocycles. The van der Waals surface area contributed by atoms with Crippen molar-refractivity contribution in [2.24, 2.45) is 11.7 Å². The normalized spacial score (nSPS) is 13.6. The number of esters is 1. The van der Waals surface area contributed by atoms with E-state index in [0.717, 1.165) is 0 Å². The van der Waals surface area contributed by atoms with Crippen LogP contribution in [0.15, 0.2) is 30.5 Å². The number of benzene rings is 1. The maximum Gasteiger partial charge on any atom is 0.490 e. The van der Waals surface area contributed by atoms with Gasteiger partial charge in [-0.2, -0.15) is 13.2 Å². The number of piperidine rings is 1. The van der Waals surface area contributed by atoms with Crippen LogP contribution in [0.25, 0.3) is 0 Å². The molecule has 3 rings (SSSR count). The molecule has 0 atom stereocenters. The zero-order valence-electron chi connectivity index (χ0n) is 21.3. The van der Waals surface area contributed by atoms with E-state index in [1.807, 2.05) is 0 Å². The smallest absolute Gasteiger partial charge is 0.481 e. The fraction of sp³-hybridized carbons (Fsp3) is 0.417. The van der Waals surface area contributed by atoms with Gasteiger partial charge < -0.3 is 30.5 Å². The lowest BCUT2D eigenvalue weighted by Crippen LogP contribution is -2.41. The highest BCUT2D eigenvalue weighted by molar-refractivity contribution is 7.17. The van der Waals surface area contributed by atoms with E-state index in [9.17, 15) is 27.6 Å². The molecule has 1 fully saturated rings. The predicted octanol–water partition coefficient (Wildman–Crippen LogP) is 2.82. The third-order valence-corrected chi connectivity index (χ3v) is 6.73. The number of nitrogens with zero attached hydrogens (tertiary/aromatic N) is 3. The second-order valence-electron chi connectivity index (χ2n) is 8.66. The second-order valence-corrected chi connectivity index (χ2v) is 9.67. The fourth-order valence-electron chi connectivity index (χ4n) is 3.57. The number of carboxylic acids is 2. The number of ether oxygens (including phenoxy) is 1. The van der Waals surface area contributed by atoms with Gasteiger partial charge in [0.15, 0.2) is 5.13 Å². The standard InChI is InChI=1S/C22H27N5O5S.C2HF3O2/c1-26(10-2-3-18(28)29)20(30)15-8-11-27(12-9-15)22-25-13-17(33-22)21(31)32-16-6-4-14(5-7-16)19(23)24;3-2(4,5)1(6)7/h4-7,13,15H,2-3,8-12H2,1H3,(H3,23,24)(H,28,29);(H,6,7). The lowest BCUT2D eigenvalue weighted by atomic mass is 9.95. The van der Waals surface area contributed by atoms with Gasteiger partial charge in [-0.3, -0.25) is 15.0 Å². The number of rotatable bonds is 9. The van der Waals surface area contributed by atoms with Crippen molar-refractivity contribution in [3.8, 4) is 5.75 Å². The molecule has 5 N–H and O–H groups in total. The zero-order chi connectivity index (χ0) is 30.0. The van der Waals surface area contributed by atoms with Gasteiger partial charge >= 0.3 is 24.1 Å². The van der Waals surface area contributed by atoms with E-state index in [0.29, 0.717) is 60.2 Å². The molecule has 1 saturated heterocycles. The summed E-state index contributed by atoms with van der Waals surface area (Å²) in [6.07, 6.45) is -1.77. The molecule has 0 spiro atoms. The van der Waals surface area contributed by atoms with Gasteiger partial charge in [0.1, 0.15) is 16.5 Å². The first-order valence-corrected chi connectivity index (χ1v) is 12.6. The number of aromatic nitrogens is 1. The third-order valence-electron chi connectivity index (χ3n) is 5.69. The Morgan fingerprint density at radius 2 is 1.75 bits per heavy atom. The van der Waals surface area contributed by atoms with E-state index in [4.69, 9.17) is 30.9 Å². The Labute approximate surface area is 230 Å². The number of hydrogen-bond donors (Lipinski definition) is 4. The van der Waals surface area contributed by atoms with Crippen molar-refractivity contribution < 1.29 is 47.3 Å². The number of nitrogens with two attached hydrogens (primary N) is 1. The van der Waals surface area contributed by atoms with Gasteiger partial charge in [-0.25, -0.2) is 14.6 Å². The molecular weight excluding hydrogens is 559 g/mol. The van der Waals surface area contributed by atoms with Crippen molar-refractivity contribution in [1.82, 2.24) is 9.88 Å². The predicted molar refractivity (Wildman–Crippen MR) is 138 cm³/mol. The third kappa shape index (κ3) is 9.83. The number of amidine groups is 1. The molecule has 1 aromatic carbocycles. The first-order chi connectivity index (χ1) is 18.7. The minimum absolute atomic E-state index is 0.0410. The number of aliphatic carboxylic acids is 2. The molecule has 1 aliphatic rings. The second kappa shape index (κ2) is 14.3. The summed E-state index contributed by atoms with van der Waals surface area (Å²) >= 11 is 1.24. The molecule has 40 heavy (non-hydrogen) atoms. The summed E-state index contributed by atoms with van der Waals surface area (Å²) in [6.45, 7) is 1.72. The lowest BCUT2D eigenvalue weighted by molar-refractivity contribution is -0.192. The molecule has 0 bridgehead atoms. The SMILES string of the molecule is CN(CCCC(=O)O)C(=O)C1CCN(c2ncc(C(=O)Oc3ccc(C(=N)N)cc3)s2)CC1.O=C(O)C(F)(F)F. The summed E-state index contributed by atoms with van der Waals surface area (Å²) in [5.41, 5.74) is 5.97. The Morgan fingerprint density at radius 3 is 2.25 bits per heavy atom. The number of anilines is 1. The van der Waals surface area contributed by atoms with E-state index >= 15 is 0 Å². The van der Waals surface area contributed by atoms with E-state index in [-0.39, 0.29) is 24.1 Å². The first-order valence-electron chi connectivity index (χ1n) is 11.8. The Morgan fingerprint density at radius 1 is 1.18 bits per heavy atom. The summed E-state index contributed by atoms with van der Waals surface area (Å²) in [5, 5.41) is 24.0. The highest BCUT2D eigenvalue weighted by atomic mass is 32.1. The van der Waals surface area contributed by atoms with Crippen LogP contribution in [0.3, 0.4) is 0 Å². The summed E-state index contributed by atoms with van der Waals surface area (Å²) in [5.74, 6) is -3.89. The highest BCUT2D eigenvalue weighted by Crippen LogP contribution is 2.29. The van der Waals surface area contributed by atoms with Gasteiger partial charge in [0.2, 0.25) is 5.91 Å². The molecule has 1 amide bonds. The van der Waals surface area contributed by atoms with Crippen LogP contribution in [-0.4, -0.2) is 82.6 Å². The minimum atomic E-state index is -5.08. The van der Waals surface area contributed by atoms with E-state index in [2.05, 4.69) is 9.88 Å². The zero-order valence-corrected chi connectivity index (χ0v) is 22.1. The van der Waals surface area contributed by atoms with Crippen LogP contribution in [0.1, 0.15) is 40.9 Å². The van der Waals surface area contributed by atoms with Crippen molar-refractivity contribution in [1.29, 1.82) is 5.41 Å². The monoisotopic (exact) mass is 587 g/mol. The molecule has 218 valence electrons. The molecule has 0 aliphatic carbocycles. The van der Waals surface area contributed by atoms with Crippen molar-refractivity contribution in [3.05, 3.63) is 40.9 Å². The maximum atomic E-state index is 12.6. The number of amides is 1. The van der Waals surface area contributed by atoms with Crippen molar-refractivity contribution in [3.63, 3.8) is 0 Å². The quantitative estimate of drug-likeness (QED) is 0.147. The van der Waals surface area contributed by atoms with Gasteiger partial charge in [-0.1, -0.05) is 11.3 Å². The van der Waals surface area contributed by atoms with Gasteiger partial charge in [-0.05, 0) is 43.5 Å². The van der Waals surface area contributed by atoms with Gasteiger partial charge in [-0.15, -0.1) is 0 Å². The van der Waals surface area contributed by atoms with Crippen LogP contribution in [0, 0.1) is 11.3 Å². The minimum Gasteiger partial charge on any atom is -0.481 e. The average molecular weight is 588 g/mol. The average Bonchev–Trinajstić information content (AvgIpc) is 3.39. The number of nitrogen functional groups attached to an aromatic ring is 1. The van der Waals surface area contributed by atoms with Crippen LogP contribution in [0.4, 0.5) is 18.3 Å². The molecule has 1 aliphatic heterocycles. The maximum absolute atomic E-state index is 12.6. The Kier molecular flexibility index (Phi) is 11.4. The number of alkyl halides is 3. The van der Waals surface area contributed by atoms with Crippen LogP contribution in [-0.2, 0) is 14.4 Å². The highest BCUT2D eigenvalue weighted by Gasteiger charge is 2.38. The number of halogens is 3. The molecule has 0 unspecified atom stereocenters. The van der Waals surface area contributed by atoms with Crippen molar-refractivity contribution >= 4 is 46.1 Å². The number of carbonyl (C=O) groups excluding carboxylic acids is 2. The number of nitrogens with one attached hydrogen (secondary N) is 1. The summed E-state index contributed by atoms with van der Waals surface area (Å²) in [7, 11) is 1.71.